The fourth-order valence-corrected chi connectivity index (χ4v) is 1.24. The van der Waals surface area contributed by atoms with Crippen molar-refractivity contribution in [1.29, 1.82) is 0 Å². The first-order valence-corrected chi connectivity index (χ1v) is 5.20. The Kier molecular flexibility index (Phi) is 4.85. The molecule has 5 nitrogen and oxygen atoms in total. The van der Waals surface area contributed by atoms with E-state index in [2.05, 4.69) is 14.7 Å². The Hall–Kier alpha value is -1.49. The van der Waals surface area contributed by atoms with Crippen molar-refractivity contribution >= 4 is 5.97 Å². The van der Waals surface area contributed by atoms with E-state index in [-0.39, 0.29) is 18.6 Å². The summed E-state index contributed by atoms with van der Waals surface area (Å²) in [6.45, 7) is 4.85. The maximum absolute atomic E-state index is 11.2. The van der Waals surface area contributed by atoms with E-state index in [9.17, 15) is 4.79 Å². The second-order valence-electron chi connectivity index (χ2n) is 3.74. The lowest BCUT2D eigenvalue weighted by Crippen LogP contribution is -2.36. The first-order valence-electron chi connectivity index (χ1n) is 5.20. The minimum absolute atomic E-state index is 0.239. The molecule has 0 saturated heterocycles. The van der Waals surface area contributed by atoms with Crippen molar-refractivity contribution in [1.82, 2.24) is 14.9 Å². The minimum atomic E-state index is -0.246. The summed E-state index contributed by atoms with van der Waals surface area (Å²) < 4.78 is 4.65. The predicted octanol–water partition coefficient (Wildman–Crippen LogP) is 0.860. The van der Waals surface area contributed by atoms with Crippen LogP contribution in [0, 0.1) is 0 Å². The van der Waals surface area contributed by atoms with Gasteiger partial charge in [-0.2, -0.15) is 0 Å². The second kappa shape index (κ2) is 6.17. The summed E-state index contributed by atoms with van der Waals surface area (Å²) >= 11 is 0. The molecule has 0 aliphatic rings. The molecule has 0 aliphatic carbocycles. The van der Waals surface area contributed by atoms with Gasteiger partial charge in [0.25, 0.3) is 0 Å². The van der Waals surface area contributed by atoms with Crippen molar-refractivity contribution < 1.29 is 9.53 Å². The molecule has 0 aliphatic heterocycles. The quantitative estimate of drug-likeness (QED) is 0.693. The molecule has 0 bridgehead atoms. The summed E-state index contributed by atoms with van der Waals surface area (Å²) in [6.07, 6.45) is 3.39. The Bertz CT molecular complexity index is 327. The maximum atomic E-state index is 11.2. The molecule has 0 atom stereocenters. The molecule has 0 saturated carbocycles. The molecule has 0 amide bonds. The van der Waals surface area contributed by atoms with E-state index < -0.39 is 0 Å². The van der Waals surface area contributed by atoms with Gasteiger partial charge in [0.15, 0.2) is 0 Å². The number of carbonyl (C=O) groups excluding carboxylic acids is 1. The zero-order valence-electron chi connectivity index (χ0n) is 9.88. The fraction of sp³-hybridized carbons (Fsp3) is 0.545. The molecule has 0 N–H and O–H groups in total. The van der Waals surface area contributed by atoms with E-state index in [0.717, 1.165) is 0 Å². The Morgan fingerprint density at radius 3 is 2.56 bits per heavy atom. The van der Waals surface area contributed by atoms with E-state index in [1.165, 1.54) is 7.11 Å². The van der Waals surface area contributed by atoms with Crippen molar-refractivity contribution in [2.45, 2.75) is 26.4 Å². The number of esters is 1. The summed E-state index contributed by atoms with van der Waals surface area (Å²) in [5.41, 5.74) is 0. The Balaban J connectivity index is 2.62. The van der Waals surface area contributed by atoms with Gasteiger partial charge in [0, 0.05) is 18.4 Å². The van der Waals surface area contributed by atoms with Crippen LogP contribution in [0.1, 0.15) is 19.7 Å². The van der Waals surface area contributed by atoms with Gasteiger partial charge in [0.2, 0.25) is 0 Å². The molecule has 1 heterocycles. The highest BCUT2D eigenvalue weighted by atomic mass is 16.5. The normalized spacial score (nSPS) is 10.8. The molecule has 0 aromatic carbocycles. The van der Waals surface area contributed by atoms with Gasteiger partial charge in [-0.3, -0.25) is 9.69 Å². The number of carbonyl (C=O) groups is 1. The number of nitrogens with zero attached hydrogens (tertiary/aromatic N) is 3. The molecule has 1 aromatic heterocycles. The molecule has 16 heavy (non-hydrogen) atoms. The van der Waals surface area contributed by atoms with Crippen LogP contribution in [-0.2, 0) is 16.1 Å². The summed E-state index contributed by atoms with van der Waals surface area (Å²) in [4.78, 5) is 21.4. The lowest BCUT2D eigenvalue weighted by atomic mass is 10.3. The first-order chi connectivity index (χ1) is 7.63. The van der Waals surface area contributed by atoms with Gasteiger partial charge in [-0.05, 0) is 19.9 Å². The van der Waals surface area contributed by atoms with Gasteiger partial charge >= 0.3 is 5.97 Å². The molecular formula is C11H17N3O2. The number of methoxy groups -OCH3 is 1. The zero-order valence-corrected chi connectivity index (χ0v) is 9.88. The van der Waals surface area contributed by atoms with Crippen molar-refractivity contribution in [3.8, 4) is 0 Å². The molecular weight excluding hydrogens is 206 g/mol. The predicted molar refractivity (Wildman–Crippen MR) is 59.6 cm³/mol. The van der Waals surface area contributed by atoms with Crippen molar-refractivity contribution in [3.05, 3.63) is 24.3 Å². The van der Waals surface area contributed by atoms with Crippen LogP contribution < -0.4 is 0 Å². The molecule has 1 rings (SSSR count). The van der Waals surface area contributed by atoms with E-state index in [1.807, 2.05) is 18.7 Å². The van der Waals surface area contributed by atoms with Crippen molar-refractivity contribution in [3.63, 3.8) is 0 Å². The summed E-state index contributed by atoms with van der Waals surface area (Å²) in [6, 6.07) is 2.01. The summed E-state index contributed by atoms with van der Waals surface area (Å²) in [7, 11) is 1.39. The third kappa shape index (κ3) is 3.94. The monoisotopic (exact) mass is 223 g/mol. The minimum Gasteiger partial charge on any atom is -0.468 e. The zero-order chi connectivity index (χ0) is 12.0. The second-order valence-corrected chi connectivity index (χ2v) is 3.74. The molecule has 0 unspecified atom stereocenters. The van der Waals surface area contributed by atoms with Crippen molar-refractivity contribution in [2.24, 2.45) is 0 Å². The first kappa shape index (κ1) is 12.6. The van der Waals surface area contributed by atoms with Gasteiger partial charge in [-0.1, -0.05) is 0 Å². The number of hydrogen-bond acceptors (Lipinski definition) is 5. The maximum Gasteiger partial charge on any atom is 0.319 e. The highest BCUT2D eigenvalue weighted by Crippen LogP contribution is 2.03. The number of rotatable bonds is 5. The van der Waals surface area contributed by atoms with Gasteiger partial charge in [0.1, 0.15) is 5.82 Å². The van der Waals surface area contributed by atoms with Crippen molar-refractivity contribution in [2.75, 3.05) is 13.7 Å². The number of ether oxygens (including phenoxy) is 1. The third-order valence-electron chi connectivity index (χ3n) is 2.25. The highest BCUT2D eigenvalue weighted by Gasteiger charge is 2.15. The van der Waals surface area contributed by atoms with Crippen LogP contribution in [0.25, 0.3) is 0 Å². The molecule has 0 radical (unpaired) electrons. The standard InChI is InChI=1S/C11H17N3O2/c1-9(2)14(8-11(15)16-3)7-10-12-5-4-6-13-10/h4-6,9H,7-8H2,1-3H3. The lowest BCUT2D eigenvalue weighted by molar-refractivity contribution is -0.142. The van der Waals surface area contributed by atoms with Crippen LogP contribution in [0.3, 0.4) is 0 Å². The van der Waals surface area contributed by atoms with Crippen LogP contribution >= 0.6 is 0 Å². The molecule has 1 aromatic rings. The third-order valence-corrected chi connectivity index (χ3v) is 2.25. The fourth-order valence-electron chi connectivity index (χ4n) is 1.24. The van der Waals surface area contributed by atoms with E-state index >= 15 is 0 Å². The van der Waals surface area contributed by atoms with E-state index in [0.29, 0.717) is 12.4 Å². The van der Waals surface area contributed by atoms with Gasteiger partial charge in [0.05, 0.1) is 20.2 Å². The lowest BCUT2D eigenvalue weighted by Gasteiger charge is -2.23. The Morgan fingerprint density at radius 1 is 1.44 bits per heavy atom. The number of hydrogen-bond donors (Lipinski definition) is 0. The van der Waals surface area contributed by atoms with Gasteiger partial charge < -0.3 is 4.74 Å². The van der Waals surface area contributed by atoms with Crippen LogP contribution in [0.2, 0.25) is 0 Å². The smallest absolute Gasteiger partial charge is 0.319 e. The van der Waals surface area contributed by atoms with Crippen LogP contribution in [0.15, 0.2) is 18.5 Å². The average molecular weight is 223 g/mol. The largest absolute Gasteiger partial charge is 0.468 e. The van der Waals surface area contributed by atoms with Crippen LogP contribution in [-0.4, -0.2) is 40.5 Å². The highest BCUT2D eigenvalue weighted by molar-refractivity contribution is 5.71. The van der Waals surface area contributed by atoms with Crippen LogP contribution in [0.5, 0.6) is 0 Å². The molecule has 5 heteroatoms. The molecule has 0 fully saturated rings. The number of aromatic nitrogens is 2. The van der Waals surface area contributed by atoms with Gasteiger partial charge in [-0.15, -0.1) is 0 Å². The summed E-state index contributed by atoms with van der Waals surface area (Å²) in [5, 5.41) is 0. The van der Waals surface area contributed by atoms with E-state index in [4.69, 9.17) is 0 Å². The van der Waals surface area contributed by atoms with Crippen LogP contribution in [0.4, 0.5) is 0 Å². The average Bonchev–Trinajstić information content (AvgIpc) is 2.29. The summed E-state index contributed by atoms with van der Waals surface area (Å²) in [5.74, 6) is 0.463. The molecule has 0 spiro atoms. The molecule has 88 valence electrons. The topological polar surface area (TPSA) is 55.3 Å². The van der Waals surface area contributed by atoms with Gasteiger partial charge in [-0.25, -0.2) is 9.97 Å². The SMILES string of the molecule is COC(=O)CN(Cc1ncccn1)C(C)C. The van der Waals surface area contributed by atoms with E-state index in [1.54, 1.807) is 18.5 Å². The Morgan fingerprint density at radius 2 is 2.06 bits per heavy atom. The Labute approximate surface area is 95.5 Å².